The Morgan fingerprint density at radius 1 is 1.24 bits per heavy atom. The predicted molar refractivity (Wildman–Crippen MR) is 92.5 cm³/mol. The van der Waals surface area contributed by atoms with Gasteiger partial charge in [-0.05, 0) is 67.6 Å². The molecule has 5 rings (SSSR count). The molecule has 1 heterocycles. The summed E-state index contributed by atoms with van der Waals surface area (Å²) < 4.78 is 5.82. The molecular formula is C21H32O4. The van der Waals surface area contributed by atoms with Gasteiger partial charge < -0.3 is 14.9 Å². The summed E-state index contributed by atoms with van der Waals surface area (Å²) in [6.45, 7) is 5.15. The average Bonchev–Trinajstić information content (AvgIpc) is 3.02. The highest BCUT2D eigenvalue weighted by Gasteiger charge is 2.68. The maximum atomic E-state index is 12.7. The van der Waals surface area contributed by atoms with Gasteiger partial charge in [0.1, 0.15) is 11.9 Å². The highest BCUT2D eigenvalue weighted by molar-refractivity contribution is 5.84. The van der Waals surface area contributed by atoms with Gasteiger partial charge >= 0.3 is 0 Å². The summed E-state index contributed by atoms with van der Waals surface area (Å²) in [5, 5.41) is 21.1. The minimum Gasteiger partial charge on any atom is -0.388 e. The van der Waals surface area contributed by atoms with Crippen LogP contribution in [0, 0.1) is 40.4 Å². The quantitative estimate of drug-likeness (QED) is 0.765. The molecule has 2 N–H and O–H groups in total. The molecule has 4 nitrogen and oxygen atoms in total. The van der Waals surface area contributed by atoms with Crippen molar-refractivity contribution in [1.29, 1.82) is 0 Å². The first-order chi connectivity index (χ1) is 11.8. The van der Waals surface area contributed by atoms with Gasteiger partial charge in [-0.15, -0.1) is 0 Å². The molecule has 0 radical (unpaired) electrons. The van der Waals surface area contributed by atoms with Crippen LogP contribution in [0.1, 0.15) is 65.2 Å². The predicted octanol–water partition coefficient (Wildman–Crippen LogP) is 2.90. The number of aliphatic hydroxyl groups excluding tert-OH is 1. The zero-order valence-corrected chi connectivity index (χ0v) is 15.5. The largest absolute Gasteiger partial charge is 0.388 e. The number of aliphatic hydroxyl groups is 2. The second-order valence-electron chi connectivity index (χ2n) is 10.1. The van der Waals surface area contributed by atoms with E-state index in [1.165, 1.54) is 6.42 Å². The minimum absolute atomic E-state index is 0.0333. The van der Waals surface area contributed by atoms with E-state index < -0.39 is 11.9 Å². The smallest absolute Gasteiger partial charge is 0.192 e. The van der Waals surface area contributed by atoms with Crippen LogP contribution in [-0.4, -0.2) is 34.5 Å². The molecule has 2 bridgehead atoms. The van der Waals surface area contributed by atoms with Crippen molar-refractivity contribution in [2.45, 2.75) is 77.1 Å². The first kappa shape index (κ1) is 16.7. The maximum absolute atomic E-state index is 12.7. The van der Waals surface area contributed by atoms with Crippen molar-refractivity contribution in [2.24, 2.45) is 40.4 Å². The molecule has 1 spiro atoms. The number of Topliss-reactive ketones (excluding diaryl/α,β-unsaturated/α-hetero) is 1. The lowest BCUT2D eigenvalue weighted by Crippen LogP contribution is -2.58. The van der Waals surface area contributed by atoms with E-state index in [2.05, 4.69) is 13.8 Å². The Labute approximate surface area is 150 Å². The number of fused-ring (bicyclic) bond motifs is 4. The van der Waals surface area contributed by atoms with Gasteiger partial charge in [0.25, 0.3) is 0 Å². The van der Waals surface area contributed by atoms with Gasteiger partial charge in [-0.1, -0.05) is 13.8 Å². The molecule has 9 atom stereocenters. The van der Waals surface area contributed by atoms with E-state index in [1.807, 2.05) is 0 Å². The Balaban J connectivity index is 1.50. The van der Waals surface area contributed by atoms with E-state index in [0.29, 0.717) is 48.9 Å². The molecule has 4 heteroatoms. The zero-order valence-electron chi connectivity index (χ0n) is 15.5. The van der Waals surface area contributed by atoms with Gasteiger partial charge in [0.05, 0.1) is 6.61 Å². The lowest BCUT2D eigenvalue weighted by molar-refractivity contribution is -0.242. The number of carbonyl (C=O) groups is 1. The van der Waals surface area contributed by atoms with Crippen molar-refractivity contribution in [1.82, 2.24) is 0 Å². The number of ketones is 1. The highest BCUT2D eigenvalue weighted by atomic mass is 16.6. The van der Waals surface area contributed by atoms with Crippen molar-refractivity contribution in [3.63, 3.8) is 0 Å². The van der Waals surface area contributed by atoms with E-state index in [1.54, 1.807) is 0 Å². The molecule has 0 aromatic rings. The Morgan fingerprint density at radius 2 is 2.04 bits per heavy atom. The Hall–Kier alpha value is -0.450. The SMILES string of the molecule is CC[C@H]1C(=O)C[C@H]2[C@H]3CC[C@H]4C[C@@H](O)[C@]5(O)C[C@]4(CO5)[C@@H]3CC[C@]12C. The first-order valence-corrected chi connectivity index (χ1v) is 10.4. The summed E-state index contributed by atoms with van der Waals surface area (Å²) in [5.74, 6) is 1.55. The Kier molecular flexibility index (Phi) is 3.39. The lowest BCUT2D eigenvalue weighted by atomic mass is 9.44. The molecule has 1 saturated heterocycles. The third-order valence-corrected chi connectivity index (χ3v) is 9.49. The molecule has 0 amide bonds. The van der Waals surface area contributed by atoms with Gasteiger partial charge in [0, 0.05) is 24.2 Å². The number of rotatable bonds is 1. The third kappa shape index (κ3) is 1.92. The zero-order chi connectivity index (χ0) is 17.6. The number of hydrogen-bond donors (Lipinski definition) is 2. The fraction of sp³-hybridized carbons (Fsp3) is 0.952. The summed E-state index contributed by atoms with van der Waals surface area (Å²) in [4.78, 5) is 12.7. The summed E-state index contributed by atoms with van der Waals surface area (Å²) >= 11 is 0. The van der Waals surface area contributed by atoms with Crippen molar-refractivity contribution in [3.05, 3.63) is 0 Å². The van der Waals surface area contributed by atoms with Crippen LogP contribution in [0.15, 0.2) is 0 Å². The van der Waals surface area contributed by atoms with Crippen LogP contribution >= 0.6 is 0 Å². The van der Waals surface area contributed by atoms with Crippen LogP contribution in [-0.2, 0) is 9.53 Å². The van der Waals surface area contributed by atoms with Crippen LogP contribution in [0.2, 0.25) is 0 Å². The normalized spacial score (nSPS) is 60.1. The minimum atomic E-state index is -1.32. The van der Waals surface area contributed by atoms with Crippen molar-refractivity contribution < 1.29 is 19.7 Å². The van der Waals surface area contributed by atoms with Crippen molar-refractivity contribution in [3.8, 4) is 0 Å². The molecule has 0 unspecified atom stereocenters. The fourth-order valence-electron chi connectivity index (χ4n) is 8.33. The monoisotopic (exact) mass is 348 g/mol. The van der Waals surface area contributed by atoms with Crippen LogP contribution in [0.25, 0.3) is 0 Å². The molecule has 5 aliphatic rings. The van der Waals surface area contributed by atoms with Gasteiger partial charge in [-0.25, -0.2) is 0 Å². The molecule has 25 heavy (non-hydrogen) atoms. The van der Waals surface area contributed by atoms with E-state index in [0.717, 1.165) is 32.1 Å². The topological polar surface area (TPSA) is 66.8 Å². The molecule has 5 fully saturated rings. The van der Waals surface area contributed by atoms with Gasteiger partial charge in [-0.3, -0.25) is 4.79 Å². The number of carbonyl (C=O) groups excluding carboxylic acids is 1. The first-order valence-electron chi connectivity index (χ1n) is 10.4. The summed E-state index contributed by atoms with van der Waals surface area (Å²) in [7, 11) is 0. The van der Waals surface area contributed by atoms with Crippen LogP contribution in [0.5, 0.6) is 0 Å². The van der Waals surface area contributed by atoms with Gasteiger partial charge in [-0.2, -0.15) is 0 Å². The molecular weight excluding hydrogens is 316 g/mol. The van der Waals surface area contributed by atoms with E-state index >= 15 is 0 Å². The lowest BCUT2D eigenvalue weighted by Gasteiger charge is -2.60. The van der Waals surface area contributed by atoms with Gasteiger partial charge in [0.15, 0.2) is 5.79 Å². The number of hydrogen-bond acceptors (Lipinski definition) is 4. The molecule has 1 aliphatic heterocycles. The molecule has 4 saturated carbocycles. The Bertz CT molecular complexity index is 605. The van der Waals surface area contributed by atoms with E-state index in [-0.39, 0.29) is 16.7 Å². The Morgan fingerprint density at radius 3 is 2.80 bits per heavy atom. The molecule has 0 aromatic carbocycles. The van der Waals surface area contributed by atoms with Crippen molar-refractivity contribution >= 4 is 5.78 Å². The molecule has 4 aliphatic carbocycles. The highest BCUT2D eigenvalue weighted by Crippen LogP contribution is 2.69. The standard InChI is InChI=1S/C21H32O4/c1-3-14-17(22)9-16-13-5-4-12-8-18(23)21(24)10-20(12,11-25-21)15(13)6-7-19(14,16)2/h12-16,18,23-24H,3-11H2,1-2H3/t12-,13-,14-,15+,16-,18+,19+,20+,21-/m0/s1. The summed E-state index contributed by atoms with van der Waals surface area (Å²) in [6, 6.07) is 0. The van der Waals surface area contributed by atoms with Gasteiger partial charge in [0.2, 0.25) is 0 Å². The molecule has 0 aromatic heterocycles. The van der Waals surface area contributed by atoms with Crippen molar-refractivity contribution in [2.75, 3.05) is 6.61 Å². The van der Waals surface area contributed by atoms with Crippen LogP contribution in [0.3, 0.4) is 0 Å². The van der Waals surface area contributed by atoms with E-state index in [4.69, 9.17) is 4.74 Å². The number of ether oxygens (including phenoxy) is 1. The summed E-state index contributed by atoms with van der Waals surface area (Å²) in [6.07, 6.45) is 6.89. The maximum Gasteiger partial charge on any atom is 0.192 e. The molecule has 140 valence electrons. The second-order valence-corrected chi connectivity index (χ2v) is 10.1. The average molecular weight is 348 g/mol. The fourth-order valence-corrected chi connectivity index (χ4v) is 8.33. The van der Waals surface area contributed by atoms with Crippen LogP contribution < -0.4 is 0 Å². The van der Waals surface area contributed by atoms with E-state index in [9.17, 15) is 15.0 Å². The summed E-state index contributed by atoms with van der Waals surface area (Å²) in [5.41, 5.74) is 0.214. The third-order valence-electron chi connectivity index (χ3n) is 9.49. The van der Waals surface area contributed by atoms with Crippen LogP contribution in [0.4, 0.5) is 0 Å². The second kappa shape index (κ2) is 5.08.